The van der Waals surface area contributed by atoms with Gasteiger partial charge in [0, 0.05) is 17.7 Å². The Balaban J connectivity index is 1.90. The van der Waals surface area contributed by atoms with Crippen molar-refractivity contribution in [3.05, 3.63) is 81.3 Å². The van der Waals surface area contributed by atoms with Crippen molar-refractivity contribution in [3.8, 4) is 0 Å². The normalized spacial score (nSPS) is 15.4. The molecule has 0 bridgehead atoms. The molecule has 0 amide bonds. The van der Waals surface area contributed by atoms with Crippen molar-refractivity contribution in [2.24, 2.45) is 4.99 Å². The van der Waals surface area contributed by atoms with Crippen molar-refractivity contribution in [1.29, 1.82) is 0 Å². The van der Waals surface area contributed by atoms with E-state index < -0.39 is 16.7 Å². The summed E-state index contributed by atoms with van der Waals surface area (Å²) in [6.07, 6.45) is 1.41. The molecule has 2 aromatic carbocycles. The number of non-ortho nitro benzene ring substituents is 1. The third-order valence-electron chi connectivity index (χ3n) is 3.10. The van der Waals surface area contributed by atoms with Gasteiger partial charge in [0.15, 0.2) is 5.70 Å². The summed E-state index contributed by atoms with van der Waals surface area (Å²) in [6.45, 7) is 0. The highest BCUT2D eigenvalue weighted by atomic mass is 19.1. The average Bonchev–Trinajstić information content (AvgIpc) is 2.88. The fourth-order valence-electron chi connectivity index (χ4n) is 2.01. The number of rotatable bonds is 3. The molecule has 0 N–H and O–H groups in total. The molecule has 0 aliphatic carbocycles. The summed E-state index contributed by atoms with van der Waals surface area (Å²) in [5.41, 5.74) is 0.871. The molecule has 1 aliphatic heterocycles. The first-order chi connectivity index (χ1) is 11.0. The van der Waals surface area contributed by atoms with Gasteiger partial charge in [-0.3, -0.25) is 10.1 Å². The highest BCUT2D eigenvalue weighted by molar-refractivity contribution is 6.12. The summed E-state index contributed by atoms with van der Waals surface area (Å²) in [4.78, 5) is 26.0. The minimum absolute atomic E-state index is 0.0314. The Bertz CT molecular complexity index is 857. The van der Waals surface area contributed by atoms with Gasteiger partial charge in [0.25, 0.3) is 5.69 Å². The zero-order chi connectivity index (χ0) is 16.4. The minimum atomic E-state index is -0.664. The molecular formula is C16H9FN2O4. The lowest BCUT2D eigenvalue weighted by atomic mass is 10.2. The highest BCUT2D eigenvalue weighted by Crippen LogP contribution is 2.21. The van der Waals surface area contributed by atoms with E-state index in [1.807, 2.05) is 0 Å². The molecule has 114 valence electrons. The van der Waals surface area contributed by atoms with Gasteiger partial charge in [-0.15, -0.1) is 0 Å². The lowest BCUT2D eigenvalue weighted by molar-refractivity contribution is -0.384. The molecule has 0 spiro atoms. The number of hydrogen-bond acceptors (Lipinski definition) is 5. The molecule has 0 fully saturated rings. The SMILES string of the molecule is O=C1OC(c2ccc([N+](=O)[O-])cc2)=N/C1=C\c1cccc(F)c1. The van der Waals surface area contributed by atoms with Crippen LogP contribution in [0.25, 0.3) is 6.08 Å². The van der Waals surface area contributed by atoms with Crippen LogP contribution in [0.3, 0.4) is 0 Å². The Labute approximate surface area is 129 Å². The van der Waals surface area contributed by atoms with Gasteiger partial charge >= 0.3 is 5.97 Å². The molecule has 3 rings (SSSR count). The van der Waals surface area contributed by atoms with Crippen molar-refractivity contribution >= 4 is 23.6 Å². The molecule has 0 radical (unpaired) electrons. The monoisotopic (exact) mass is 312 g/mol. The molecule has 2 aromatic rings. The van der Waals surface area contributed by atoms with Gasteiger partial charge in [0.1, 0.15) is 5.82 Å². The number of nitrogens with zero attached hydrogens (tertiary/aromatic N) is 2. The van der Waals surface area contributed by atoms with Crippen LogP contribution in [-0.2, 0) is 9.53 Å². The van der Waals surface area contributed by atoms with Gasteiger partial charge in [-0.1, -0.05) is 12.1 Å². The molecule has 1 heterocycles. The molecule has 7 heteroatoms. The summed E-state index contributed by atoms with van der Waals surface area (Å²) < 4.78 is 18.2. The van der Waals surface area contributed by atoms with Crippen molar-refractivity contribution in [3.63, 3.8) is 0 Å². The number of cyclic esters (lactones) is 1. The standard InChI is InChI=1S/C16H9FN2O4/c17-12-3-1-2-10(8-12)9-14-16(20)23-15(18-14)11-4-6-13(7-5-11)19(21)22/h1-9H/b14-9-. The Kier molecular flexibility index (Phi) is 3.68. The zero-order valence-corrected chi connectivity index (χ0v) is 11.6. The second kappa shape index (κ2) is 5.80. The maximum atomic E-state index is 13.1. The number of benzene rings is 2. The van der Waals surface area contributed by atoms with E-state index in [2.05, 4.69) is 4.99 Å². The van der Waals surface area contributed by atoms with Gasteiger partial charge in [-0.05, 0) is 35.9 Å². The summed E-state index contributed by atoms with van der Waals surface area (Å²) in [6, 6.07) is 11.2. The van der Waals surface area contributed by atoms with E-state index in [4.69, 9.17) is 4.74 Å². The van der Waals surface area contributed by atoms with E-state index in [-0.39, 0.29) is 17.3 Å². The van der Waals surface area contributed by atoms with Crippen LogP contribution >= 0.6 is 0 Å². The summed E-state index contributed by atoms with van der Waals surface area (Å²) in [5.74, 6) is -1.04. The second-order valence-corrected chi connectivity index (χ2v) is 4.70. The van der Waals surface area contributed by atoms with Crippen LogP contribution < -0.4 is 0 Å². The molecule has 23 heavy (non-hydrogen) atoms. The smallest absolute Gasteiger partial charge is 0.363 e. The fourth-order valence-corrected chi connectivity index (χ4v) is 2.01. The molecule has 1 aliphatic rings. The van der Waals surface area contributed by atoms with Gasteiger partial charge in [0.05, 0.1) is 4.92 Å². The summed E-state index contributed by atoms with van der Waals surface area (Å²) >= 11 is 0. The molecule has 0 atom stereocenters. The summed E-state index contributed by atoms with van der Waals surface area (Å²) in [7, 11) is 0. The predicted molar refractivity (Wildman–Crippen MR) is 80.1 cm³/mol. The van der Waals surface area contributed by atoms with E-state index in [0.717, 1.165) is 0 Å². The summed E-state index contributed by atoms with van der Waals surface area (Å²) in [5, 5.41) is 10.6. The van der Waals surface area contributed by atoms with Crippen LogP contribution in [0, 0.1) is 15.9 Å². The maximum Gasteiger partial charge on any atom is 0.363 e. The number of hydrogen-bond donors (Lipinski definition) is 0. The number of nitro benzene ring substituents is 1. The Morgan fingerprint density at radius 3 is 2.57 bits per heavy atom. The third kappa shape index (κ3) is 3.13. The number of nitro groups is 1. The van der Waals surface area contributed by atoms with Crippen LogP contribution in [0.4, 0.5) is 10.1 Å². The number of carbonyl (C=O) groups excluding carboxylic acids is 1. The lowest BCUT2D eigenvalue weighted by Gasteiger charge is -1.98. The van der Waals surface area contributed by atoms with Gasteiger partial charge < -0.3 is 4.74 Å². The number of aliphatic imine (C=N–C) groups is 1. The largest absolute Gasteiger partial charge is 0.402 e. The van der Waals surface area contributed by atoms with E-state index in [9.17, 15) is 19.3 Å². The number of halogens is 1. The minimum Gasteiger partial charge on any atom is -0.402 e. The molecular weight excluding hydrogens is 303 g/mol. The van der Waals surface area contributed by atoms with Gasteiger partial charge in [0.2, 0.25) is 5.90 Å². The molecule has 0 unspecified atom stereocenters. The van der Waals surface area contributed by atoms with Crippen LogP contribution in [-0.4, -0.2) is 16.8 Å². The quantitative estimate of drug-likeness (QED) is 0.377. The van der Waals surface area contributed by atoms with Crippen LogP contribution in [0.1, 0.15) is 11.1 Å². The predicted octanol–water partition coefficient (Wildman–Crippen LogP) is 3.08. The Hall–Kier alpha value is -3.35. The van der Waals surface area contributed by atoms with Crippen molar-refractivity contribution < 1.29 is 18.8 Å². The van der Waals surface area contributed by atoms with Gasteiger partial charge in [-0.2, -0.15) is 0 Å². The Morgan fingerprint density at radius 1 is 1.17 bits per heavy atom. The van der Waals surface area contributed by atoms with E-state index in [1.54, 1.807) is 6.07 Å². The third-order valence-corrected chi connectivity index (χ3v) is 3.10. The first-order valence-corrected chi connectivity index (χ1v) is 6.56. The van der Waals surface area contributed by atoms with Crippen molar-refractivity contribution in [2.75, 3.05) is 0 Å². The maximum absolute atomic E-state index is 13.1. The lowest BCUT2D eigenvalue weighted by Crippen LogP contribution is -2.05. The molecule has 0 saturated carbocycles. The van der Waals surface area contributed by atoms with Crippen molar-refractivity contribution in [2.45, 2.75) is 0 Å². The van der Waals surface area contributed by atoms with Crippen molar-refractivity contribution in [1.82, 2.24) is 0 Å². The van der Waals surface area contributed by atoms with Crippen LogP contribution in [0.15, 0.2) is 59.2 Å². The molecule has 0 aromatic heterocycles. The van der Waals surface area contributed by atoms with E-state index in [1.165, 1.54) is 48.5 Å². The zero-order valence-electron chi connectivity index (χ0n) is 11.6. The van der Waals surface area contributed by atoms with Crippen LogP contribution in [0.2, 0.25) is 0 Å². The number of ether oxygens (including phenoxy) is 1. The molecule has 0 saturated heterocycles. The van der Waals surface area contributed by atoms with E-state index in [0.29, 0.717) is 11.1 Å². The number of carbonyl (C=O) groups is 1. The molecule has 6 nitrogen and oxygen atoms in total. The van der Waals surface area contributed by atoms with Crippen LogP contribution in [0.5, 0.6) is 0 Å². The highest BCUT2D eigenvalue weighted by Gasteiger charge is 2.24. The first-order valence-electron chi connectivity index (χ1n) is 6.56. The van der Waals surface area contributed by atoms with E-state index >= 15 is 0 Å². The first kappa shape index (κ1) is 14.6. The topological polar surface area (TPSA) is 81.8 Å². The number of esters is 1. The fraction of sp³-hybridized carbons (Fsp3) is 0. The van der Waals surface area contributed by atoms with Gasteiger partial charge in [-0.25, -0.2) is 14.2 Å². The average molecular weight is 312 g/mol. The Morgan fingerprint density at radius 2 is 1.91 bits per heavy atom. The second-order valence-electron chi connectivity index (χ2n) is 4.70.